The highest BCUT2D eigenvalue weighted by atomic mass is 35.5. The molecule has 0 radical (unpaired) electrons. The molecule has 0 unspecified atom stereocenters. The first kappa shape index (κ1) is 24.4. The van der Waals surface area contributed by atoms with Gasteiger partial charge in [0, 0.05) is 25.2 Å². The van der Waals surface area contributed by atoms with Gasteiger partial charge >= 0.3 is 0 Å². The van der Waals surface area contributed by atoms with E-state index in [1.165, 1.54) is 22.5 Å². The Hall–Kier alpha value is -2.29. The Kier molecular flexibility index (Phi) is 8.39. The highest BCUT2D eigenvalue weighted by Crippen LogP contribution is 2.29. The second-order valence-corrected chi connectivity index (χ2v) is 9.94. The van der Waals surface area contributed by atoms with Gasteiger partial charge in [-0.3, -0.25) is 4.79 Å². The number of sulfonamides is 1. The quantitative estimate of drug-likeness (QED) is 0.580. The van der Waals surface area contributed by atoms with E-state index in [0.29, 0.717) is 31.2 Å². The predicted octanol–water partition coefficient (Wildman–Crippen LogP) is 4.24. The molecule has 0 aliphatic carbocycles. The predicted molar refractivity (Wildman–Crippen MR) is 124 cm³/mol. The number of ether oxygens (including phenoxy) is 2. The lowest BCUT2D eigenvalue weighted by atomic mass is 10.1. The lowest BCUT2D eigenvalue weighted by Gasteiger charge is -2.26. The van der Waals surface area contributed by atoms with Gasteiger partial charge in [-0.05, 0) is 55.2 Å². The van der Waals surface area contributed by atoms with Crippen molar-refractivity contribution in [1.29, 1.82) is 0 Å². The zero-order chi connectivity index (χ0) is 23.1. The largest absolute Gasteiger partial charge is 0.493 e. The molecule has 3 rings (SSSR count). The van der Waals surface area contributed by atoms with Crippen LogP contribution in [0.15, 0.2) is 41.3 Å². The van der Waals surface area contributed by atoms with Gasteiger partial charge in [0.15, 0.2) is 11.5 Å². The molecular weight excluding hydrogens is 452 g/mol. The molecule has 174 valence electrons. The summed E-state index contributed by atoms with van der Waals surface area (Å²) in [6, 6.07) is 9.79. The van der Waals surface area contributed by atoms with Crippen molar-refractivity contribution in [2.45, 2.75) is 44.0 Å². The molecule has 1 heterocycles. The molecule has 1 saturated heterocycles. The molecule has 32 heavy (non-hydrogen) atoms. The monoisotopic (exact) mass is 480 g/mol. The molecule has 0 saturated carbocycles. The van der Waals surface area contributed by atoms with Crippen molar-refractivity contribution in [3.63, 3.8) is 0 Å². The van der Waals surface area contributed by atoms with Crippen molar-refractivity contribution in [1.82, 2.24) is 9.62 Å². The van der Waals surface area contributed by atoms with E-state index < -0.39 is 10.0 Å². The summed E-state index contributed by atoms with van der Waals surface area (Å²) in [4.78, 5) is 12.7. The number of nitrogens with one attached hydrogen (secondary N) is 1. The average Bonchev–Trinajstić information content (AvgIpc) is 2.82. The molecule has 1 N–H and O–H groups in total. The lowest BCUT2D eigenvalue weighted by Crippen LogP contribution is -2.36. The van der Waals surface area contributed by atoms with Crippen LogP contribution in [0.1, 0.15) is 48.5 Å². The lowest BCUT2D eigenvalue weighted by molar-refractivity contribution is 0.0950. The Bertz CT molecular complexity index is 1050. The van der Waals surface area contributed by atoms with E-state index in [9.17, 15) is 13.2 Å². The van der Waals surface area contributed by atoms with Crippen molar-refractivity contribution in [2.24, 2.45) is 0 Å². The van der Waals surface area contributed by atoms with Crippen molar-refractivity contribution in [3.05, 3.63) is 52.5 Å². The summed E-state index contributed by atoms with van der Waals surface area (Å²) in [5.74, 6) is 0.850. The first-order valence-electron chi connectivity index (χ1n) is 10.7. The summed E-state index contributed by atoms with van der Waals surface area (Å²) in [5, 5.41) is 2.93. The summed E-state index contributed by atoms with van der Waals surface area (Å²) < 4.78 is 38.5. The number of amides is 1. The minimum atomic E-state index is -3.75. The molecule has 1 fully saturated rings. The molecule has 0 spiro atoms. The van der Waals surface area contributed by atoms with Gasteiger partial charge < -0.3 is 14.8 Å². The van der Waals surface area contributed by atoms with E-state index in [1.807, 2.05) is 19.1 Å². The zero-order valence-electron chi connectivity index (χ0n) is 18.4. The van der Waals surface area contributed by atoms with Crippen LogP contribution in [0.25, 0.3) is 0 Å². The van der Waals surface area contributed by atoms with Gasteiger partial charge in [-0.25, -0.2) is 8.42 Å². The van der Waals surface area contributed by atoms with Gasteiger partial charge in [-0.1, -0.05) is 31.0 Å². The maximum Gasteiger partial charge on any atom is 0.251 e. The van der Waals surface area contributed by atoms with E-state index in [2.05, 4.69) is 5.32 Å². The molecule has 0 atom stereocenters. The maximum absolute atomic E-state index is 13.0. The van der Waals surface area contributed by atoms with Crippen LogP contribution in [0.5, 0.6) is 11.5 Å². The Morgan fingerprint density at radius 3 is 2.53 bits per heavy atom. The number of nitrogens with zero attached hydrogens (tertiary/aromatic N) is 1. The summed E-state index contributed by atoms with van der Waals surface area (Å²) in [5.41, 5.74) is 1.06. The number of piperidine rings is 1. The molecule has 9 heteroatoms. The van der Waals surface area contributed by atoms with Crippen LogP contribution in [0.3, 0.4) is 0 Å². The Balaban J connectivity index is 1.73. The highest BCUT2D eigenvalue weighted by molar-refractivity contribution is 7.89. The van der Waals surface area contributed by atoms with E-state index >= 15 is 0 Å². The molecule has 0 bridgehead atoms. The van der Waals surface area contributed by atoms with Crippen molar-refractivity contribution >= 4 is 27.5 Å². The first-order chi connectivity index (χ1) is 15.4. The Labute approximate surface area is 194 Å². The molecule has 7 nitrogen and oxygen atoms in total. The second-order valence-electron chi connectivity index (χ2n) is 7.63. The number of hydrogen-bond acceptors (Lipinski definition) is 5. The third-order valence-corrected chi connectivity index (χ3v) is 7.65. The van der Waals surface area contributed by atoms with Crippen LogP contribution in [0.4, 0.5) is 0 Å². The van der Waals surface area contributed by atoms with Gasteiger partial charge in [0.1, 0.15) is 4.90 Å². The van der Waals surface area contributed by atoms with Gasteiger partial charge in [0.2, 0.25) is 10.0 Å². The molecule has 1 aliphatic rings. The standard InChI is InChI=1S/C23H29ClN2O5S/c1-3-13-31-20-10-7-17(14-21(20)30-2)16-25-23(27)18-8-9-19(24)22(15-18)32(28,29)26-11-5-4-6-12-26/h7-10,14-15H,3-6,11-13,16H2,1-2H3,(H,25,27). The van der Waals surface area contributed by atoms with Crippen LogP contribution >= 0.6 is 11.6 Å². The van der Waals surface area contributed by atoms with Crippen LogP contribution in [0.2, 0.25) is 5.02 Å². The number of rotatable bonds is 9. The number of carbonyl (C=O) groups excluding carboxylic acids is 1. The summed E-state index contributed by atoms with van der Waals surface area (Å²) in [6.07, 6.45) is 3.54. The average molecular weight is 481 g/mol. The summed E-state index contributed by atoms with van der Waals surface area (Å²) >= 11 is 6.20. The molecule has 0 aromatic heterocycles. The molecular formula is C23H29ClN2O5S. The number of halogens is 1. The zero-order valence-corrected chi connectivity index (χ0v) is 20.0. The van der Waals surface area contributed by atoms with Crippen LogP contribution < -0.4 is 14.8 Å². The third kappa shape index (κ3) is 5.74. The molecule has 1 amide bonds. The van der Waals surface area contributed by atoms with Crippen molar-refractivity contribution < 1.29 is 22.7 Å². The number of methoxy groups -OCH3 is 1. The number of hydrogen-bond donors (Lipinski definition) is 1. The second kappa shape index (κ2) is 11.0. The molecule has 2 aromatic rings. The van der Waals surface area contributed by atoms with Crippen molar-refractivity contribution in [2.75, 3.05) is 26.8 Å². The van der Waals surface area contributed by atoms with Gasteiger partial charge in [-0.15, -0.1) is 0 Å². The fourth-order valence-corrected chi connectivity index (χ4v) is 5.54. The summed E-state index contributed by atoms with van der Waals surface area (Å²) in [6.45, 7) is 3.80. The normalized spacial score (nSPS) is 14.7. The van der Waals surface area contributed by atoms with Gasteiger partial charge in [0.05, 0.1) is 18.7 Å². The smallest absolute Gasteiger partial charge is 0.251 e. The SMILES string of the molecule is CCCOc1ccc(CNC(=O)c2ccc(Cl)c(S(=O)(=O)N3CCCCC3)c2)cc1OC. The third-order valence-electron chi connectivity index (χ3n) is 5.27. The van der Waals surface area contributed by atoms with Crippen molar-refractivity contribution in [3.8, 4) is 11.5 Å². The number of benzene rings is 2. The maximum atomic E-state index is 13.0. The molecule has 1 aliphatic heterocycles. The number of carbonyl (C=O) groups is 1. The van der Waals surface area contributed by atoms with E-state index in [0.717, 1.165) is 31.2 Å². The van der Waals surface area contributed by atoms with Crippen LogP contribution in [-0.2, 0) is 16.6 Å². The van der Waals surface area contributed by atoms with Crippen LogP contribution in [0, 0.1) is 0 Å². The van der Waals surface area contributed by atoms with E-state index in [4.69, 9.17) is 21.1 Å². The van der Waals surface area contributed by atoms with E-state index in [1.54, 1.807) is 13.2 Å². The molecule has 2 aromatic carbocycles. The summed E-state index contributed by atoms with van der Waals surface area (Å²) in [7, 11) is -2.18. The minimum Gasteiger partial charge on any atom is -0.493 e. The van der Waals surface area contributed by atoms with Gasteiger partial charge in [0.25, 0.3) is 5.91 Å². The highest BCUT2D eigenvalue weighted by Gasteiger charge is 2.28. The Morgan fingerprint density at radius 2 is 1.84 bits per heavy atom. The fourth-order valence-electron chi connectivity index (χ4n) is 3.52. The first-order valence-corrected chi connectivity index (χ1v) is 12.6. The fraction of sp³-hybridized carbons (Fsp3) is 0.435. The van der Waals surface area contributed by atoms with Gasteiger partial charge in [-0.2, -0.15) is 4.31 Å². The topological polar surface area (TPSA) is 84.9 Å². The van der Waals surface area contributed by atoms with Crippen LogP contribution in [-0.4, -0.2) is 45.4 Å². The Morgan fingerprint density at radius 1 is 1.09 bits per heavy atom. The van der Waals surface area contributed by atoms with E-state index in [-0.39, 0.29) is 27.9 Å². The minimum absolute atomic E-state index is 0.0344.